The SMILES string of the molecule is Cc1cc(OCc2ccc(Cl)cc2)c([C@H](C)N)cc1F. The zero-order valence-corrected chi connectivity index (χ0v) is 12.2. The second-order valence-electron chi connectivity index (χ2n) is 4.84. The molecule has 0 spiro atoms. The minimum atomic E-state index is -0.287. The molecular formula is C16H17ClFNO. The van der Waals surface area contributed by atoms with Crippen molar-refractivity contribution in [2.75, 3.05) is 0 Å². The maximum atomic E-state index is 13.6. The Balaban J connectivity index is 2.20. The Morgan fingerprint density at radius 3 is 2.50 bits per heavy atom. The first kappa shape index (κ1) is 14.8. The number of ether oxygens (including phenoxy) is 1. The molecule has 0 aliphatic heterocycles. The van der Waals surface area contributed by atoms with E-state index in [0.717, 1.165) is 5.56 Å². The molecule has 0 radical (unpaired) electrons. The van der Waals surface area contributed by atoms with Gasteiger partial charge < -0.3 is 10.5 Å². The number of rotatable bonds is 4. The van der Waals surface area contributed by atoms with Gasteiger partial charge in [-0.15, -0.1) is 0 Å². The topological polar surface area (TPSA) is 35.2 Å². The minimum absolute atomic E-state index is 0.267. The van der Waals surface area contributed by atoms with E-state index in [4.69, 9.17) is 22.1 Å². The molecule has 0 bridgehead atoms. The van der Waals surface area contributed by atoms with Gasteiger partial charge in [-0.1, -0.05) is 23.7 Å². The zero-order chi connectivity index (χ0) is 14.7. The van der Waals surface area contributed by atoms with E-state index in [1.54, 1.807) is 19.9 Å². The van der Waals surface area contributed by atoms with E-state index in [9.17, 15) is 4.39 Å². The van der Waals surface area contributed by atoms with E-state index in [1.807, 2.05) is 24.3 Å². The number of hydrogen-bond acceptors (Lipinski definition) is 2. The average Bonchev–Trinajstić information content (AvgIpc) is 2.41. The van der Waals surface area contributed by atoms with Gasteiger partial charge in [0.15, 0.2) is 0 Å². The molecule has 0 aliphatic rings. The molecule has 2 N–H and O–H groups in total. The van der Waals surface area contributed by atoms with Crippen molar-refractivity contribution in [3.8, 4) is 5.75 Å². The highest BCUT2D eigenvalue weighted by Crippen LogP contribution is 2.28. The lowest BCUT2D eigenvalue weighted by Gasteiger charge is -2.15. The molecule has 0 saturated heterocycles. The van der Waals surface area contributed by atoms with Crippen LogP contribution in [0.4, 0.5) is 4.39 Å². The van der Waals surface area contributed by atoms with E-state index in [-0.39, 0.29) is 11.9 Å². The number of hydrogen-bond donors (Lipinski definition) is 1. The van der Waals surface area contributed by atoms with Gasteiger partial charge in [-0.3, -0.25) is 0 Å². The first-order valence-corrected chi connectivity index (χ1v) is 6.78. The third-order valence-electron chi connectivity index (χ3n) is 3.09. The van der Waals surface area contributed by atoms with Crippen LogP contribution >= 0.6 is 11.6 Å². The number of nitrogens with two attached hydrogens (primary N) is 1. The van der Waals surface area contributed by atoms with E-state index >= 15 is 0 Å². The third-order valence-corrected chi connectivity index (χ3v) is 3.34. The van der Waals surface area contributed by atoms with Crippen LogP contribution in [-0.4, -0.2) is 0 Å². The molecule has 2 aromatic rings. The van der Waals surface area contributed by atoms with E-state index in [0.29, 0.717) is 28.5 Å². The predicted molar refractivity (Wildman–Crippen MR) is 79.5 cm³/mol. The first-order valence-electron chi connectivity index (χ1n) is 6.40. The Morgan fingerprint density at radius 1 is 1.25 bits per heavy atom. The minimum Gasteiger partial charge on any atom is -0.489 e. The van der Waals surface area contributed by atoms with Gasteiger partial charge in [-0.2, -0.15) is 0 Å². The van der Waals surface area contributed by atoms with Crippen molar-refractivity contribution >= 4 is 11.6 Å². The van der Waals surface area contributed by atoms with Crippen LogP contribution in [0.25, 0.3) is 0 Å². The highest BCUT2D eigenvalue weighted by Gasteiger charge is 2.12. The Kier molecular flexibility index (Phi) is 4.63. The molecule has 1 atom stereocenters. The van der Waals surface area contributed by atoms with Crippen LogP contribution in [0.3, 0.4) is 0 Å². The van der Waals surface area contributed by atoms with Gasteiger partial charge in [0.05, 0.1) is 0 Å². The zero-order valence-electron chi connectivity index (χ0n) is 11.5. The maximum absolute atomic E-state index is 13.6. The summed E-state index contributed by atoms with van der Waals surface area (Å²) in [5, 5.41) is 0.683. The average molecular weight is 294 g/mol. The van der Waals surface area contributed by atoms with Crippen LogP contribution in [0.15, 0.2) is 36.4 Å². The third kappa shape index (κ3) is 3.50. The highest BCUT2D eigenvalue weighted by atomic mass is 35.5. The molecule has 0 saturated carbocycles. The van der Waals surface area contributed by atoms with Crippen molar-refractivity contribution in [3.63, 3.8) is 0 Å². The van der Waals surface area contributed by atoms with Crippen LogP contribution in [0, 0.1) is 12.7 Å². The summed E-state index contributed by atoms with van der Waals surface area (Å²) < 4.78 is 19.4. The molecule has 20 heavy (non-hydrogen) atoms. The summed E-state index contributed by atoms with van der Waals surface area (Å²) in [6.07, 6.45) is 0. The fourth-order valence-electron chi connectivity index (χ4n) is 1.89. The van der Waals surface area contributed by atoms with Crippen molar-refractivity contribution in [1.29, 1.82) is 0 Å². The number of aryl methyl sites for hydroxylation is 1. The second-order valence-corrected chi connectivity index (χ2v) is 5.28. The largest absolute Gasteiger partial charge is 0.489 e. The molecule has 0 heterocycles. The summed E-state index contributed by atoms with van der Waals surface area (Å²) >= 11 is 5.83. The Morgan fingerprint density at radius 2 is 1.90 bits per heavy atom. The highest BCUT2D eigenvalue weighted by molar-refractivity contribution is 6.30. The van der Waals surface area contributed by atoms with Gasteiger partial charge in [0, 0.05) is 16.6 Å². The van der Waals surface area contributed by atoms with Crippen LogP contribution in [0.5, 0.6) is 5.75 Å². The Labute approximate surface area is 123 Å². The molecule has 0 unspecified atom stereocenters. The normalized spacial score (nSPS) is 12.2. The van der Waals surface area contributed by atoms with Gasteiger partial charge in [0.1, 0.15) is 18.2 Å². The Hall–Kier alpha value is -1.58. The van der Waals surface area contributed by atoms with Gasteiger partial charge in [-0.25, -0.2) is 4.39 Å². The summed E-state index contributed by atoms with van der Waals surface area (Å²) in [7, 11) is 0. The molecule has 2 rings (SSSR count). The Bertz CT molecular complexity index is 596. The van der Waals surface area contributed by atoms with Gasteiger partial charge in [0.2, 0.25) is 0 Å². The smallest absolute Gasteiger partial charge is 0.126 e. The molecule has 0 amide bonds. The monoisotopic (exact) mass is 293 g/mol. The van der Waals surface area contributed by atoms with Gasteiger partial charge >= 0.3 is 0 Å². The van der Waals surface area contributed by atoms with E-state index in [1.165, 1.54) is 6.07 Å². The summed E-state index contributed by atoms with van der Waals surface area (Å²) in [4.78, 5) is 0. The van der Waals surface area contributed by atoms with Crippen molar-refractivity contribution in [2.45, 2.75) is 26.5 Å². The molecule has 106 valence electrons. The first-order chi connectivity index (χ1) is 9.47. The van der Waals surface area contributed by atoms with Crippen molar-refractivity contribution in [1.82, 2.24) is 0 Å². The standard InChI is InChI=1S/C16H17ClFNO/c1-10-7-16(14(11(2)19)8-15(10)18)20-9-12-3-5-13(17)6-4-12/h3-8,11H,9,19H2,1-2H3/t11-/m0/s1. The van der Waals surface area contributed by atoms with Gasteiger partial charge in [-0.05, 0) is 49.2 Å². The van der Waals surface area contributed by atoms with Crippen molar-refractivity contribution in [2.24, 2.45) is 5.73 Å². The molecule has 0 aliphatic carbocycles. The summed E-state index contributed by atoms with van der Waals surface area (Å²) in [6.45, 7) is 3.90. The summed E-state index contributed by atoms with van der Waals surface area (Å²) in [5.74, 6) is 0.352. The van der Waals surface area contributed by atoms with E-state index < -0.39 is 0 Å². The molecule has 4 heteroatoms. The maximum Gasteiger partial charge on any atom is 0.126 e. The number of benzene rings is 2. The summed E-state index contributed by atoms with van der Waals surface area (Å²) in [6, 6.07) is 10.2. The molecule has 2 nitrogen and oxygen atoms in total. The lowest BCUT2D eigenvalue weighted by atomic mass is 10.1. The lowest BCUT2D eigenvalue weighted by molar-refractivity contribution is 0.300. The summed E-state index contributed by atoms with van der Waals surface area (Å²) in [5.41, 5.74) is 8.06. The molecular weight excluding hydrogens is 277 g/mol. The van der Waals surface area contributed by atoms with E-state index in [2.05, 4.69) is 0 Å². The van der Waals surface area contributed by atoms with Crippen LogP contribution in [0.1, 0.15) is 29.7 Å². The molecule has 0 fully saturated rings. The second kappa shape index (κ2) is 6.25. The van der Waals surface area contributed by atoms with Gasteiger partial charge in [0.25, 0.3) is 0 Å². The lowest BCUT2D eigenvalue weighted by Crippen LogP contribution is -2.09. The fourth-order valence-corrected chi connectivity index (χ4v) is 2.02. The number of halogens is 2. The van der Waals surface area contributed by atoms with Crippen molar-refractivity contribution < 1.29 is 9.13 Å². The quantitative estimate of drug-likeness (QED) is 0.907. The molecule has 2 aromatic carbocycles. The van der Waals surface area contributed by atoms with Crippen LogP contribution in [-0.2, 0) is 6.61 Å². The predicted octanol–water partition coefficient (Wildman–Crippen LogP) is 4.39. The van der Waals surface area contributed by atoms with Crippen molar-refractivity contribution in [3.05, 3.63) is 63.9 Å². The molecule has 0 aromatic heterocycles. The fraction of sp³-hybridized carbons (Fsp3) is 0.250. The van der Waals surface area contributed by atoms with Crippen LogP contribution in [0.2, 0.25) is 5.02 Å². The van der Waals surface area contributed by atoms with Crippen LogP contribution < -0.4 is 10.5 Å².